The molecule has 1 aliphatic rings. The van der Waals surface area contributed by atoms with Crippen molar-refractivity contribution in [2.75, 3.05) is 0 Å². The van der Waals surface area contributed by atoms with Crippen LogP contribution in [0.2, 0.25) is 10.0 Å². The Morgan fingerprint density at radius 2 is 1.82 bits per heavy atom. The van der Waals surface area contributed by atoms with E-state index in [-0.39, 0.29) is 11.6 Å². The monoisotopic (exact) mass is 443 g/mol. The molecule has 0 aliphatic carbocycles. The molecule has 3 rings (SSSR count). The zero-order valence-corrected chi connectivity index (χ0v) is 14.7. The number of hydrogen-bond donors (Lipinski definition) is 0. The fourth-order valence-corrected chi connectivity index (χ4v) is 2.75. The van der Waals surface area contributed by atoms with Gasteiger partial charge in [0.25, 0.3) is 0 Å². The Labute approximate surface area is 150 Å². The van der Waals surface area contributed by atoms with Crippen LogP contribution in [0.1, 0.15) is 11.1 Å². The maximum Gasteiger partial charge on any atom is 0.363 e. The van der Waals surface area contributed by atoms with Crippen LogP contribution < -0.4 is 0 Å². The summed E-state index contributed by atoms with van der Waals surface area (Å²) in [4.78, 5) is 16.2. The highest BCUT2D eigenvalue weighted by atomic mass is 127. The molecule has 0 atom stereocenters. The molecule has 0 radical (unpaired) electrons. The lowest BCUT2D eigenvalue weighted by Gasteiger charge is -2.02. The molecule has 1 aliphatic heterocycles. The molecule has 6 heteroatoms. The van der Waals surface area contributed by atoms with Gasteiger partial charge in [-0.3, -0.25) is 0 Å². The molecule has 0 spiro atoms. The summed E-state index contributed by atoms with van der Waals surface area (Å²) in [6, 6.07) is 12.6. The predicted octanol–water partition coefficient (Wildman–Crippen LogP) is 4.94. The maximum atomic E-state index is 11.9. The van der Waals surface area contributed by atoms with Crippen molar-refractivity contribution in [3.8, 4) is 0 Å². The number of benzene rings is 2. The Kier molecular flexibility index (Phi) is 4.52. The van der Waals surface area contributed by atoms with Gasteiger partial charge in [0, 0.05) is 8.59 Å². The second-order valence-corrected chi connectivity index (χ2v) is 6.60. The van der Waals surface area contributed by atoms with E-state index in [4.69, 9.17) is 27.9 Å². The maximum absolute atomic E-state index is 11.9. The summed E-state index contributed by atoms with van der Waals surface area (Å²) in [5.41, 5.74) is 1.65. The van der Waals surface area contributed by atoms with Gasteiger partial charge in [-0.2, -0.15) is 0 Å². The predicted molar refractivity (Wildman–Crippen MR) is 96.2 cm³/mol. The molecule has 0 bridgehead atoms. The van der Waals surface area contributed by atoms with Crippen molar-refractivity contribution in [1.29, 1.82) is 0 Å². The molecule has 0 amide bonds. The first-order valence-electron chi connectivity index (χ1n) is 6.26. The molecule has 110 valence electrons. The van der Waals surface area contributed by atoms with E-state index >= 15 is 0 Å². The highest BCUT2D eigenvalue weighted by Gasteiger charge is 2.25. The van der Waals surface area contributed by atoms with Gasteiger partial charge in [0.15, 0.2) is 5.70 Å². The van der Waals surface area contributed by atoms with Crippen LogP contribution in [-0.2, 0) is 9.53 Å². The Morgan fingerprint density at radius 1 is 1.09 bits per heavy atom. The third kappa shape index (κ3) is 3.34. The minimum Gasteiger partial charge on any atom is -0.402 e. The van der Waals surface area contributed by atoms with Crippen LogP contribution in [0.25, 0.3) is 6.08 Å². The lowest BCUT2D eigenvalue weighted by molar-refractivity contribution is -0.129. The zero-order chi connectivity index (χ0) is 15.7. The highest BCUT2D eigenvalue weighted by molar-refractivity contribution is 14.1. The van der Waals surface area contributed by atoms with Gasteiger partial charge in [-0.1, -0.05) is 35.3 Å². The van der Waals surface area contributed by atoms with Crippen molar-refractivity contribution in [2.24, 2.45) is 4.99 Å². The van der Waals surface area contributed by atoms with Crippen LogP contribution in [0, 0.1) is 3.57 Å². The SMILES string of the molecule is O=C1OC(c2ccc(Cl)cc2Cl)=N/C1=C/c1ccc(I)cc1. The second kappa shape index (κ2) is 6.40. The normalized spacial score (nSPS) is 15.9. The van der Waals surface area contributed by atoms with Crippen molar-refractivity contribution in [3.63, 3.8) is 0 Å². The average Bonchev–Trinajstić information content (AvgIpc) is 2.82. The van der Waals surface area contributed by atoms with Crippen molar-refractivity contribution in [1.82, 2.24) is 0 Å². The van der Waals surface area contributed by atoms with E-state index in [0.717, 1.165) is 9.13 Å². The minimum absolute atomic E-state index is 0.184. The molecule has 0 saturated heterocycles. The molecular formula is C16H8Cl2INO2. The summed E-state index contributed by atoms with van der Waals surface area (Å²) in [7, 11) is 0. The third-order valence-electron chi connectivity index (χ3n) is 2.96. The summed E-state index contributed by atoms with van der Waals surface area (Å²) in [6.45, 7) is 0. The number of rotatable bonds is 2. The minimum atomic E-state index is -0.500. The molecule has 0 saturated carbocycles. The fourth-order valence-electron chi connectivity index (χ4n) is 1.90. The fraction of sp³-hybridized carbons (Fsp3) is 0. The number of aliphatic imine (C=N–C) groups is 1. The molecule has 22 heavy (non-hydrogen) atoms. The van der Waals surface area contributed by atoms with E-state index in [9.17, 15) is 4.79 Å². The Balaban J connectivity index is 1.96. The summed E-state index contributed by atoms with van der Waals surface area (Å²) in [6.07, 6.45) is 1.68. The summed E-state index contributed by atoms with van der Waals surface area (Å²) < 4.78 is 6.31. The van der Waals surface area contributed by atoms with Crippen molar-refractivity contribution < 1.29 is 9.53 Å². The topological polar surface area (TPSA) is 38.7 Å². The standard InChI is InChI=1S/C16H8Cl2INO2/c17-10-3-6-12(13(18)8-10)15-20-14(16(21)22-15)7-9-1-4-11(19)5-2-9/h1-8H/b14-7+. The lowest BCUT2D eigenvalue weighted by Crippen LogP contribution is -2.05. The van der Waals surface area contributed by atoms with E-state index in [2.05, 4.69) is 27.6 Å². The lowest BCUT2D eigenvalue weighted by atomic mass is 10.2. The van der Waals surface area contributed by atoms with Crippen molar-refractivity contribution in [3.05, 3.63) is 72.9 Å². The van der Waals surface area contributed by atoms with Crippen molar-refractivity contribution >= 4 is 63.7 Å². The first-order chi connectivity index (χ1) is 10.5. The van der Waals surface area contributed by atoms with Gasteiger partial charge in [0.05, 0.1) is 10.6 Å². The van der Waals surface area contributed by atoms with Crippen LogP contribution in [0.4, 0.5) is 0 Å². The van der Waals surface area contributed by atoms with E-state index < -0.39 is 5.97 Å². The molecule has 0 unspecified atom stereocenters. The molecule has 0 fully saturated rings. The molecule has 2 aromatic rings. The van der Waals surface area contributed by atoms with Gasteiger partial charge < -0.3 is 4.74 Å². The van der Waals surface area contributed by atoms with Gasteiger partial charge in [-0.05, 0) is 64.6 Å². The van der Waals surface area contributed by atoms with Crippen molar-refractivity contribution in [2.45, 2.75) is 0 Å². The van der Waals surface area contributed by atoms with E-state index in [0.29, 0.717) is 15.6 Å². The van der Waals surface area contributed by atoms with Gasteiger partial charge in [0.2, 0.25) is 5.90 Å². The number of ether oxygens (including phenoxy) is 1. The van der Waals surface area contributed by atoms with Gasteiger partial charge in [0.1, 0.15) is 0 Å². The van der Waals surface area contributed by atoms with Gasteiger partial charge in [-0.15, -0.1) is 0 Å². The summed E-state index contributed by atoms with van der Waals surface area (Å²) in [5, 5.41) is 0.892. The highest BCUT2D eigenvalue weighted by Crippen LogP contribution is 2.26. The zero-order valence-electron chi connectivity index (χ0n) is 11.0. The number of carbonyl (C=O) groups is 1. The molecule has 3 nitrogen and oxygen atoms in total. The number of halogens is 3. The first-order valence-corrected chi connectivity index (χ1v) is 8.10. The second-order valence-electron chi connectivity index (χ2n) is 4.51. The molecule has 0 aromatic heterocycles. The summed E-state index contributed by atoms with van der Waals surface area (Å²) in [5.74, 6) is -0.317. The molecule has 1 heterocycles. The first kappa shape index (κ1) is 15.5. The molecule has 2 aromatic carbocycles. The van der Waals surface area contributed by atoms with Crippen LogP contribution in [-0.4, -0.2) is 11.9 Å². The van der Waals surface area contributed by atoms with E-state index in [1.54, 1.807) is 24.3 Å². The number of hydrogen-bond acceptors (Lipinski definition) is 3. The Hall–Kier alpha value is -1.37. The Morgan fingerprint density at radius 3 is 2.50 bits per heavy atom. The van der Waals surface area contributed by atoms with Crippen LogP contribution in [0.3, 0.4) is 0 Å². The van der Waals surface area contributed by atoms with Gasteiger partial charge >= 0.3 is 5.97 Å². The number of cyclic esters (lactones) is 1. The van der Waals surface area contributed by atoms with E-state index in [1.807, 2.05) is 24.3 Å². The molecule has 0 N–H and O–H groups in total. The molecular weight excluding hydrogens is 436 g/mol. The largest absolute Gasteiger partial charge is 0.402 e. The number of carbonyl (C=O) groups excluding carboxylic acids is 1. The average molecular weight is 444 g/mol. The summed E-state index contributed by atoms with van der Waals surface area (Å²) >= 11 is 14.2. The Bertz CT molecular complexity index is 813. The van der Waals surface area contributed by atoms with E-state index in [1.165, 1.54) is 0 Å². The van der Waals surface area contributed by atoms with Crippen LogP contribution in [0.5, 0.6) is 0 Å². The third-order valence-corrected chi connectivity index (χ3v) is 4.22. The number of esters is 1. The quantitative estimate of drug-likeness (QED) is 0.374. The smallest absolute Gasteiger partial charge is 0.363 e. The van der Waals surface area contributed by atoms with Gasteiger partial charge in [-0.25, -0.2) is 9.79 Å². The van der Waals surface area contributed by atoms with Crippen LogP contribution >= 0.6 is 45.8 Å². The van der Waals surface area contributed by atoms with Crippen LogP contribution in [0.15, 0.2) is 53.2 Å². The number of nitrogens with zero attached hydrogens (tertiary/aromatic N) is 1.